The van der Waals surface area contributed by atoms with E-state index in [0.717, 1.165) is 18.1 Å². The van der Waals surface area contributed by atoms with Crippen LogP contribution in [0.5, 0.6) is 0 Å². The zero-order valence-electron chi connectivity index (χ0n) is 16.0. The second-order valence-corrected chi connectivity index (χ2v) is 6.44. The lowest BCUT2D eigenvalue weighted by molar-refractivity contribution is 0.474. The van der Waals surface area contributed by atoms with Crippen LogP contribution >= 0.6 is 24.0 Å². The molecule has 0 spiro atoms. The highest BCUT2D eigenvalue weighted by Crippen LogP contribution is 2.09. The van der Waals surface area contributed by atoms with Crippen molar-refractivity contribution in [2.24, 2.45) is 4.99 Å². The third-order valence-corrected chi connectivity index (χ3v) is 4.25. The van der Waals surface area contributed by atoms with E-state index in [0.29, 0.717) is 13.1 Å². The second-order valence-electron chi connectivity index (χ2n) is 6.44. The van der Waals surface area contributed by atoms with Gasteiger partial charge in [0.15, 0.2) is 5.96 Å². The summed E-state index contributed by atoms with van der Waals surface area (Å²) in [5.41, 5.74) is 3.30. The SMILES string of the molecule is CN=C(NCc1cccc(Cn2ccnc2)c1)N(C)Cc1cccc(F)c1.I. The summed E-state index contributed by atoms with van der Waals surface area (Å²) in [7, 11) is 3.69. The first kappa shape index (κ1) is 21.9. The van der Waals surface area contributed by atoms with E-state index in [1.165, 1.54) is 17.2 Å². The Morgan fingerprint density at radius 2 is 1.89 bits per heavy atom. The van der Waals surface area contributed by atoms with E-state index in [2.05, 4.69) is 39.6 Å². The monoisotopic (exact) mass is 493 g/mol. The van der Waals surface area contributed by atoms with Crippen LogP contribution in [0.1, 0.15) is 16.7 Å². The zero-order valence-corrected chi connectivity index (χ0v) is 18.4. The summed E-state index contributed by atoms with van der Waals surface area (Å²) in [6.07, 6.45) is 5.55. The van der Waals surface area contributed by atoms with Crippen molar-refractivity contribution in [2.45, 2.75) is 19.6 Å². The summed E-state index contributed by atoms with van der Waals surface area (Å²) < 4.78 is 15.4. The van der Waals surface area contributed by atoms with Gasteiger partial charge in [0.1, 0.15) is 5.82 Å². The van der Waals surface area contributed by atoms with Crippen LogP contribution in [0.2, 0.25) is 0 Å². The number of hydrogen-bond acceptors (Lipinski definition) is 2. The number of nitrogens with one attached hydrogen (secondary N) is 1. The maximum atomic E-state index is 13.4. The molecule has 5 nitrogen and oxygen atoms in total. The first-order valence-corrected chi connectivity index (χ1v) is 8.84. The molecule has 7 heteroatoms. The van der Waals surface area contributed by atoms with Crippen molar-refractivity contribution >= 4 is 29.9 Å². The number of guanidine groups is 1. The number of aliphatic imine (C=N–C) groups is 1. The van der Waals surface area contributed by atoms with Gasteiger partial charge in [-0.05, 0) is 28.8 Å². The van der Waals surface area contributed by atoms with Crippen LogP contribution < -0.4 is 5.32 Å². The highest BCUT2D eigenvalue weighted by molar-refractivity contribution is 14.0. The number of imidazole rings is 1. The molecule has 0 amide bonds. The molecular weight excluding hydrogens is 468 g/mol. The summed E-state index contributed by atoms with van der Waals surface area (Å²) in [6.45, 7) is 2.04. The molecule has 1 N–H and O–H groups in total. The third kappa shape index (κ3) is 6.33. The molecule has 0 bridgehead atoms. The minimum atomic E-state index is -0.224. The quantitative estimate of drug-likeness (QED) is 0.322. The number of rotatable bonds is 6. The number of aromatic nitrogens is 2. The van der Waals surface area contributed by atoms with Crippen molar-refractivity contribution in [3.05, 3.63) is 89.8 Å². The normalized spacial score (nSPS) is 11.0. The van der Waals surface area contributed by atoms with Gasteiger partial charge in [-0.15, -0.1) is 24.0 Å². The van der Waals surface area contributed by atoms with Gasteiger partial charge < -0.3 is 14.8 Å². The summed E-state index contributed by atoms with van der Waals surface area (Å²) in [4.78, 5) is 10.4. The molecule has 148 valence electrons. The number of benzene rings is 2. The minimum absolute atomic E-state index is 0. The molecule has 0 unspecified atom stereocenters. The summed E-state index contributed by atoms with van der Waals surface area (Å²) in [5.74, 6) is 0.540. The summed E-state index contributed by atoms with van der Waals surface area (Å²) in [6, 6.07) is 15.1. The molecule has 3 rings (SSSR count). The van der Waals surface area contributed by atoms with E-state index in [1.807, 2.05) is 35.1 Å². The van der Waals surface area contributed by atoms with Gasteiger partial charge in [-0.1, -0.05) is 36.4 Å². The van der Waals surface area contributed by atoms with Crippen molar-refractivity contribution in [1.82, 2.24) is 19.8 Å². The Kier molecular flexibility index (Phi) is 8.43. The minimum Gasteiger partial charge on any atom is -0.352 e. The fraction of sp³-hybridized carbons (Fsp3) is 0.238. The maximum Gasteiger partial charge on any atom is 0.193 e. The van der Waals surface area contributed by atoms with Gasteiger partial charge in [-0.25, -0.2) is 9.37 Å². The van der Waals surface area contributed by atoms with Gasteiger partial charge in [0.25, 0.3) is 0 Å². The fourth-order valence-corrected chi connectivity index (χ4v) is 2.98. The van der Waals surface area contributed by atoms with Gasteiger partial charge in [-0.3, -0.25) is 4.99 Å². The van der Waals surface area contributed by atoms with E-state index in [-0.39, 0.29) is 29.8 Å². The van der Waals surface area contributed by atoms with Crippen LogP contribution in [0.4, 0.5) is 4.39 Å². The molecule has 1 aromatic heterocycles. The Balaban J connectivity index is 0.00000280. The van der Waals surface area contributed by atoms with Crippen LogP contribution in [0.3, 0.4) is 0 Å². The molecule has 3 aromatic rings. The molecule has 1 heterocycles. The Bertz CT molecular complexity index is 895. The molecule has 0 aliphatic heterocycles. The number of nitrogens with zero attached hydrogens (tertiary/aromatic N) is 4. The lowest BCUT2D eigenvalue weighted by Gasteiger charge is -2.22. The largest absolute Gasteiger partial charge is 0.352 e. The van der Waals surface area contributed by atoms with E-state index in [9.17, 15) is 4.39 Å². The van der Waals surface area contributed by atoms with Crippen molar-refractivity contribution in [1.29, 1.82) is 0 Å². The van der Waals surface area contributed by atoms with Crippen molar-refractivity contribution in [3.63, 3.8) is 0 Å². The first-order chi connectivity index (χ1) is 13.1. The van der Waals surface area contributed by atoms with Gasteiger partial charge in [-0.2, -0.15) is 0 Å². The molecule has 0 saturated heterocycles. The maximum absolute atomic E-state index is 13.4. The van der Waals surface area contributed by atoms with Crippen LogP contribution in [0.25, 0.3) is 0 Å². The molecular formula is C21H25FIN5. The highest BCUT2D eigenvalue weighted by Gasteiger charge is 2.07. The standard InChI is InChI=1S/C21H24FN5.HI/c1-23-21(26(2)14-19-7-4-8-20(22)12-19)25-13-17-5-3-6-18(11-17)15-27-10-9-24-16-27;/h3-12,16H,13-15H2,1-2H3,(H,23,25);1H. The first-order valence-electron chi connectivity index (χ1n) is 8.84. The Morgan fingerprint density at radius 1 is 1.14 bits per heavy atom. The van der Waals surface area contributed by atoms with Gasteiger partial charge in [0.2, 0.25) is 0 Å². The van der Waals surface area contributed by atoms with Gasteiger partial charge in [0.05, 0.1) is 6.33 Å². The number of halogens is 2. The van der Waals surface area contributed by atoms with Crippen molar-refractivity contribution < 1.29 is 4.39 Å². The second kappa shape index (κ2) is 10.8. The van der Waals surface area contributed by atoms with Crippen LogP contribution in [-0.4, -0.2) is 34.5 Å². The van der Waals surface area contributed by atoms with E-state index in [4.69, 9.17) is 0 Å². The van der Waals surface area contributed by atoms with E-state index >= 15 is 0 Å². The smallest absolute Gasteiger partial charge is 0.193 e. The molecule has 0 saturated carbocycles. The molecule has 2 aromatic carbocycles. The lowest BCUT2D eigenvalue weighted by Crippen LogP contribution is -2.38. The topological polar surface area (TPSA) is 45.5 Å². The predicted molar refractivity (Wildman–Crippen MR) is 121 cm³/mol. The fourth-order valence-electron chi connectivity index (χ4n) is 2.98. The van der Waals surface area contributed by atoms with Crippen molar-refractivity contribution in [2.75, 3.05) is 14.1 Å². The predicted octanol–water partition coefficient (Wildman–Crippen LogP) is 3.90. The molecule has 28 heavy (non-hydrogen) atoms. The summed E-state index contributed by atoms with van der Waals surface area (Å²) in [5, 5.41) is 3.37. The average molecular weight is 493 g/mol. The van der Waals surface area contributed by atoms with E-state index < -0.39 is 0 Å². The molecule has 0 fully saturated rings. The Morgan fingerprint density at radius 3 is 2.61 bits per heavy atom. The lowest BCUT2D eigenvalue weighted by atomic mass is 10.1. The van der Waals surface area contributed by atoms with Crippen molar-refractivity contribution in [3.8, 4) is 0 Å². The summed E-state index contributed by atoms with van der Waals surface area (Å²) >= 11 is 0. The Labute approximate surface area is 182 Å². The van der Waals surface area contributed by atoms with Crippen LogP contribution in [-0.2, 0) is 19.6 Å². The van der Waals surface area contributed by atoms with Gasteiger partial charge >= 0.3 is 0 Å². The van der Waals surface area contributed by atoms with Crippen LogP contribution in [0.15, 0.2) is 72.2 Å². The molecule has 0 aliphatic rings. The van der Waals surface area contributed by atoms with Crippen LogP contribution in [0, 0.1) is 5.82 Å². The highest BCUT2D eigenvalue weighted by atomic mass is 127. The molecule has 0 atom stereocenters. The zero-order chi connectivity index (χ0) is 19.1. The molecule has 0 radical (unpaired) electrons. The number of hydrogen-bond donors (Lipinski definition) is 1. The van der Waals surface area contributed by atoms with Gasteiger partial charge in [0, 0.05) is 46.1 Å². The Hall–Kier alpha value is -2.42. The molecule has 0 aliphatic carbocycles. The average Bonchev–Trinajstić information content (AvgIpc) is 3.15. The third-order valence-electron chi connectivity index (χ3n) is 4.25. The van der Waals surface area contributed by atoms with E-state index in [1.54, 1.807) is 25.4 Å².